The van der Waals surface area contributed by atoms with E-state index in [9.17, 15) is 4.79 Å². The van der Waals surface area contributed by atoms with Crippen molar-refractivity contribution in [1.82, 2.24) is 9.78 Å². The van der Waals surface area contributed by atoms with Crippen LogP contribution in [0.2, 0.25) is 0 Å². The van der Waals surface area contributed by atoms with Crippen molar-refractivity contribution in [3.63, 3.8) is 0 Å². The molecule has 0 spiro atoms. The van der Waals surface area contributed by atoms with E-state index in [4.69, 9.17) is 4.74 Å². The van der Waals surface area contributed by atoms with Crippen molar-refractivity contribution < 1.29 is 9.53 Å². The zero-order valence-electron chi connectivity index (χ0n) is 10.5. The summed E-state index contributed by atoms with van der Waals surface area (Å²) in [5.41, 5.74) is 1.88. The third-order valence-corrected chi connectivity index (χ3v) is 2.83. The smallest absolute Gasteiger partial charge is 0.315 e. The van der Waals surface area contributed by atoms with Gasteiger partial charge in [0.15, 0.2) is 0 Å². The predicted molar refractivity (Wildman–Crippen MR) is 68.2 cm³/mol. The number of nitrogens with zero attached hydrogens (tertiary/aromatic N) is 2. The fourth-order valence-electron chi connectivity index (χ4n) is 1.90. The lowest BCUT2D eigenvalue weighted by atomic mass is 9.99. The molecule has 2 rings (SSSR count). The average Bonchev–Trinajstić information content (AvgIpc) is 2.82. The molecule has 1 aromatic carbocycles. The van der Waals surface area contributed by atoms with E-state index < -0.39 is 0 Å². The maximum Gasteiger partial charge on any atom is 0.315 e. The Kier molecular flexibility index (Phi) is 3.77. The molecule has 0 saturated heterocycles. The summed E-state index contributed by atoms with van der Waals surface area (Å²) in [5.74, 6) is -0.565. The number of methoxy groups -OCH3 is 1. The molecule has 0 aliphatic rings. The zero-order valence-corrected chi connectivity index (χ0v) is 10.5. The molecular formula is C14H16N2O2. The summed E-state index contributed by atoms with van der Waals surface area (Å²) in [6.07, 6.45) is 1.87. The number of ether oxygens (including phenoxy) is 1. The molecule has 0 bridgehead atoms. The van der Waals surface area contributed by atoms with E-state index in [0.717, 1.165) is 11.3 Å². The van der Waals surface area contributed by atoms with Crippen LogP contribution in [-0.2, 0) is 16.1 Å². The predicted octanol–water partition coefficient (Wildman–Crippen LogP) is 2.15. The van der Waals surface area contributed by atoms with Crippen LogP contribution < -0.4 is 0 Å². The molecule has 1 heterocycles. The highest BCUT2D eigenvalue weighted by Gasteiger charge is 2.22. The lowest BCUT2D eigenvalue weighted by Gasteiger charge is -2.15. The van der Waals surface area contributed by atoms with Crippen molar-refractivity contribution in [3.8, 4) is 0 Å². The van der Waals surface area contributed by atoms with Crippen LogP contribution in [0.25, 0.3) is 0 Å². The second kappa shape index (κ2) is 5.49. The van der Waals surface area contributed by atoms with Gasteiger partial charge < -0.3 is 4.74 Å². The summed E-state index contributed by atoms with van der Waals surface area (Å²) >= 11 is 0. The topological polar surface area (TPSA) is 44.1 Å². The van der Waals surface area contributed by atoms with Crippen molar-refractivity contribution in [2.24, 2.45) is 0 Å². The largest absolute Gasteiger partial charge is 0.468 e. The Morgan fingerprint density at radius 2 is 2.06 bits per heavy atom. The maximum absolute atomic E-state index is 11.9. The lowest BCUT2D eigenvalue weighted by molar-refractivity contribution is -0.142. The quantitative estimate of drug-likeness (QED) is 0.774. The Morgan fingerprint density at radius 3 is 2.61 bits per heavy atom. The standard InChI is InChI=1S/C14H16N2O2/c1-11-8-9-16(15-11)10-13(14(17)18-2)12-6-4-3-5-7-12/h3-9,13H,10H2,1-2H3. The van der Waals surface area contributed by atoms with Gasteiger partial charge in [0.05, 0.1) is 19.3 Å². The monoisotopic (exact) mass is 244 g/mol. The molecule has 0 saturated carbocycles. The van der Waals surface area contributed by atoms with E-state index in [1.54, 1.807) is 4.68 Å². The van der Waals surface area contributed by atoms with E-state index in [0.29, 0.717) is 6.54 Å². The van der Waals surface area contributed by atoms with Crippen molar-refractivity contribution in [1.29, 1.82) is 0 Å². The van der Waals surface area contributed by atoms with E-state index in [-0.39, 0.29) is 11.9 Å². The highest BCUT2D eigenvalue weighted by atomic mass is 16.5. The molecule has 94 valence electrons. The number of esters is 1. The molecule has 18 heavy (non-hydrogen) atoms. The van der Waals surface area contributed by atoms with Gasteiger partial charge in [-0.3, -0.25) is 9.48 Å². The number of benzene rings is 1. The summed E-state index contributed by atoms with van der Waals surface area (Å²) in [5, 5.41) is 4.30. The molecule has 4 heteroatoms. The van der Waals surface area contributed by atoms with Gasteiger partial charge in [-0.15, -0.1) is 0 Å². The fraction of sp³-hybridized carbons (Fsp3) is 0.286. The van der Waals surface area contributed by atoms with Crippen LogP contribution in [0.5, 0.6) is 0 Å². The normalized spacial score (nSPS) is 12.1. The number of carbonyl (C=O) groups excluding carboxylic acids is 1. The minimum atomic E-state index is -0.324. The molecule has 0 N–H and O–H groups in total. The van der Waals surface area contributed by atoms with Crippen LogP contribution in [0, 0.1) is 6.92 Å². The second-order valence-corrected chi connectivity index (χ2v) is 4.17. The van der Waals surface area contributed by atoms with Crippen LogP contribution in [0.15, 0.2) is 42.6 Å². The van der Waals surface area contributed by atoms with Crippen LogP contribution in [0.3, 0.4) is 0 Å². The van der Waals surface area contributed by atoms with Gasteiger partial charge >= 0.3 is 5.97 Å². The van der Waals surface area contributed by atoms with Gasteiger partial charge in [0.25, 0.3) is 0 Å². The molecule has 0 amide bonds. The van der Waals surface area contributed by atoms with Crippen molar-refractivity contribution in [2.45, 2.75) is 19.4 Å². The minimum Gasteiger partial charge on any atom is -0.468 e. The maximum atomic E-state index is 11.9. The summed E-state index contributed by atoms with van der Waals surface area (Å²) in [6.45, 7) is 2.41. The Morgan fingerprint density at radius 1 is 1.33 bits per heavy atom. The third-order valence-electron chi connectivity index (χ3n) is 2.83. The summed E-state index contributed by atoms with van der Waals surface area (Å²) < 4.78 is 6.63. The first-order valence-corrected chi connectivity index (χ1v) is 5.83. The van der Waals surface area contributed by atoms with Gasteiger partial charge in [-0.1, -0.05) is 30.3 Å². The average molecular weight is 244 g/mol. The van der Waals surface area contributed by atoms with Gasteiger partial charge in [0.2, 0.25) is 0 Å². The van der Waals surface area contributed by atoms with Crippen LogP contribution in [0.1, 0.15) is 17.2 Å². The molecule has 0 aliphatic carbocycles. The Labute approximate surface area is 106 Å². The zero-order chi connectivity index (χ0) is 13.0. The van der Waals surface area contributed by atoms with Gasteiger partial charge in [-0.25, -0.2) is 0 Å². The fourth-order valence-corrected chi connectivity index (χ4v) is 1.90. The SMILES string of the molecule is COC(=O)C(Cn1ccc(C)n1)c1ccccc1. The molecule has 0 aliphatic heterocycles. The number of hydrogen-bond donors (Lipinski definition) is 0. The highest BCUT2D eigenvalue weighted by molar-refractivity contribution is 5.77. The molecule has 1 atom stereocenters. The van der Waals surface area contributed by atoms with Gasteiger partial charge in [0.1, 0.15) is 5.92 Å². The number of aromatic nitrogens is 2. The third kappa shape index (κ3) is 2.77. The Bertz CT molecular complexity index is 520. The highest BCUT2D eigenvalue weighted by Crippen LogP contribution is 2.19. The van der Waals surface area contributed by atoms with Gasteiger partial charge in [-0.05, 0) is 18.6 Å². The summed E-state index contributed by atoms with van der Waals surface area (Å²) in [6, 6.07) is 11.5. The lowest BCUT2D eigenvalue weighted by Crippen LogP contribution is -2.20. The van der Waals surface area contributed by atoms with Crippen molar-refractivity contribution in [3.05, 3.63) is 53.9 Å². The van der Waals surface area contributed by atoms with Gasteiger partial charge in [0, 0.05) is 6.20 Å². The molecular weight excluding hydrogens is 228 g/mol. The van der Waals surface area contributed by atoms with E-state index in [1.807, 2.05) is 49.5 Å². The molecule has 4 nitrogen and oxygen atoms in total. The van der Waals surface area contributed by atoms with Crippen LogP contribution in [-0.4, -0.2) is 22.9 Å². The molecule has 0 radical (unpaired) electrons. The number of aryl methyl sites for hydroxylation is 1. The number of carbonyl (C=O) groups is 1. The summed E-state index contributed by atoms with van der Waals surface area (Å²) in [4.78, 5) is 11.9. The van der Waals surface area contributed by atoms with E-state index in [1.165, 1.54) is 7.11 Å². The molecule has 1 aromatic heterocycles. The van der Waals surface area contributed by atoms with Gasteiger partial charge in [-0.2, -0.15) is 5.10 Å². The minimum absolute atomic E-state index is 0.241. The molecule has 0 fully saturated rings. The molecule has 2 aromatic rings. The molecule has 1 unspecified atom stereocenters. The Hall–Kier alpha value is -2.10. The van der Waals surface area contributed by atoms with E-state index >= 15 is 0 Å². The van der Waals surface area contributed by atoms with E-state index in [2.05, 4.69) is 5.10 Å². The first-order chi connectivity index (χ1) is 8.70. The van der Waals surface area contributed by atoms with Crippen molar-refractivity contribution in [2.75, 3.05) is 7.11 Å². The first-order valence-electron chi connectivity index (χ1n) is 5.83. The summed E-state index contributed by atoms with van der Waals surface area (Å²) in [7, 11) is 1.41. The van der Waals surface area contributed by atoms with Crippen LogP contribution >= 0.6 is 0 Å². The number of rotatable bonds is 4. The van der Waals surface area contributed by atoms with Crippen LogP contribution in [0.4, 0.5) is 0 Å². The Balaban J connectivity index is 2.24. The second-order valence-electron chi connectivity index (χ2n) is 4.17. The number of hydrogen-bond acceptors (Lipinski definition) is 3. The first kappa shape index (κ1) is 12.4. The van der Waals surface area contributed by atoms with Crippen molar-refractivity contribution >= 4 is 5.97 Å².